The van der Waals surface area contributed by atoms with Crippen LogP contribution in [0.4, 0.5) is 0 Å². The fourth-order valence-electron chi connectivity index (χ4n) is 3.71. The predicted octanol–water partition coefficient (Wildman–Crippen LogP) is 7.43. The highest BCUT2D eigenvalue weighted by Gasteiger charge is 2.23. The van der Waals surface area contributed by atoms with Crippen molar-refractivity contribution in [3.8, 4) is 33.8 Å². The molecular formula is C25H19ClN2O. The van der Waals surface area contributed by atoms with Crippen LogP contribution in [0.2, 0.25) is 5.02 Å². The highest BCUT2D eigenvalue weighted by molar-refractivity contribution is 6.30. The summed E-state index contributed by atoms with van der Waals surface area (Å²) < 4.78 is 6.18. The zero-order valence-electron chi connectivity index (χ0n) is 16.2. The first-order valence-electron chi connectivity index (χ1n) is 9.51. The summed E-state index contributed by atoms with van der Waals surface area (Å²) in [6.45, 7) is 3.97. The van der Waals surface area contributed by atoms with E-state index in [0.29, 0.717) is 10.9 Å². The highest BCUT2D eigenvalue weighted by Crippen LogP contribution is 2.43. The van der Waals surface area contributed by atoms with Gasteiger partial charge in [-0.1, -0.05) is 71.8 Å². The Bertz CT molecular complexity index is 1310. The molecule has 0 bridgehead atoms. The molecule has 0 spiro atoms. The second-order valence-corrected chi connectivity index (χ2v) is 7.64. The van der Waals surface area contributed by atoms with Gasteiger partial charge in [0.05, 0.1) is 11.3 Å². The van der Waals surface area contributed by atoms with Crippen molar-refractivity contribution in [3.05, 3.63) is 89.3 Å². The highest BCUT2D eigenvalue weighted by atomic mass is 35.5. The van der Waals surface area contributed by atoms with Gasteiger partial charge in [-0.25, -0.2) is 4.98 Å². The van der Waals surface area contributed by atoms with Gasteiger partial charge in [0.1, 0.15) is 5.69 Å². The summed E-state index contributed by atoms with van der Waals surface area (Å²) >= 11 is 6.12. The normalized spacial score (nSPS) is 11.3. The summed E-state index contributed by atoms with van der Waals surface area (Å²) in [6.07, 6.45) is 0. The van der Waals surface area contributed by atoms with Gasteiger partial charge in [0, 0.05) is 28.4 Å². The zero-order valence-corrected chi connectivity index (χ0v) is 16.9. The van der Waals surface area contributed by atoms with Crippen LogP contribution >= 0.6 is 11.6 Å². The Morgan fingerprint density at radius 2 is 1.52 bits per heavy atom. The number of nitrogens with one attached hydrogen (secondary N) is 1. The summed E-state index contributed by atoms with van der Waals surface area (Å²) in [6, 6.07) is 24.5. The molecule has 2 aromatic heterocycles. The van der Waals surface area contributed by atoms with E-state index in [9.17, 15) is 0 Å². The summed E-state index contributed by atoms with van der Waals surface area (Å²) in [5.74, 6) is 1.41. The van der Waals surface area contributed by atoms with E-state index in [1.165, 1.54) is 5.56 Å². The fraction of sp³-hybridized carbons (Fsp3) is 0.0800. The SMILES string of the molecule is Cc1ccc(-c2nc(C)oc2-c2c(-c3ccc(Cl)cc3)[nH]c3ccccc23)cc1. The molecule has 3 nitrogen and oxygen atoms in total. The Balaban J connectivity index is 1.81. The van der Waals surface area contributed by atoms with Crippen LogP contribution in [-0.4, -0.2) is 9.97 Å². The van der Waals surface area contributed by atoms with Crippen molar-refractivity contribution in [2.45, 2.75) is 13.8 Å². The van der Waals surface area contributed by atoms with E-state index < -0.39 is 0 Å². The van der Waals surface area contributed by atoms with Crippen molar-refractivity contribution in [1.82, 2.24) is 9.97 Å². The first kappa shape index (κ1) is 17.8. The van der Waals surface area contributed by atoms with Crippen molar-refractivity contribution in [2.75, 3.05) is 0 Å². The molecule has 5 aromatic rings. The van der Waals surface area contributed by atoms with Crippen LogP contribution in [0.25, 0.3) is 44.7 Å². The largest absolute Gasteiger partial charge is 0.440 e. The first-order valence-corrected chi connectivity index (χ1v) is 9.89. The number of aromatic nitrogens is 2. The number of hydrogen-bond donors (Lipinski definition) is 1. The number of para-hydroxylation sites is 1. The first-order chi connectivity index (χ1) is 14.1. The Kier molecular flexibility index (Phi) is 4.26. The molecule has 2 heterocycles. The van der Waals surface area contributed by atoms with Gasteiger partial charge < -0.3 is 9.40 Å². The molecule has 0 aliphatic rings. The lowest BCUT2D eigenvalue weighted by atomic mass is 9.99. The second-order valence-electron chi connectivity index (χ2n) is 7.20. The van der Waals surface area contributed by atoms with Crippen molar-refractivity contribution in [3.63, 3.8) is 0 Å². The molecule has 3 aromatic carbocycles. The average Bonchev–Trinajstić information content (AvgIpc) is 3.29. The van der Waals surface area contributed by atoms with Gasteiger partial charge in [0.15, 0.2) is 11.7 Å². The number of nitrogens with zero attached hydrogens (tertiary/aromatic N) is 1. The van der Waals surface area contributed by atoms with Gasteiger partial charge in [0.2, 0.25) is 0 Å². The van der Waals surface area contributed by atoms with Gasteiger partial charge in [-0.3, -0.25) is 0 Å². The topological polar surface area (TPSA) is 41.8 Å². The number of hydrogen-bond acceptors (Lipinski definition) is 2. The maximum Gasteiger partial charge on any atom is 0.192 e. The fourth-order valence-corrected chi connectivity index (χ4v) is 3.84. The second kappa shape index (κ2) is 6.94. The maximum absolute atomic E-state index is 6.18. The number of rotatable bonds is 3. The number of benzene rings is 3. The average molecular weight is 399 g/mol. The summed E-state index contributed by atoms with van der Waals surface area (Å²) in [7, 11) is 0. The molecule has 0 radical (unpaired) electrons. The third-order valence-corrected chi connectivity index (χ3v) is 5.38. The monoisotopic (exact) mass is 398 g/mol. The van der Waals surface area contributed by atoms with E-state index in [4.69, 9.17) is 21.0 Å². The predicted molar refractivity (Wildman–Crippen MR) is 119 cm³/mol. The molecule has 0 saturated heterocycles. The molecule has 0 fully saturated rings. The molecule has 0 unspecified atom stereocenters. The molecule has 1 N–H and O–H groups in total. The number of aromatic amines is 1. The van der Waals surface area contributed by atoms with Crippen molar-refractivity contribution in [1.29, 1.82) is 0 Å². The molecule has 4 heteroatoms. The molecular weight excluding hydrogens is 380 g/mol. The van der Waals surface area contributed by atoms with Crippen LogP contribution in [0.15, 0.2) is 77.2 Å². The van der Waals surface area contributed by atoms with Crippen molar-refractivity contribution < 1.29 is 4.42 Å². The Morgan fingerprint density at radius 3 is 2.28 bits per heavy atom. The van der Waals surface area contributed by atoms with Crippen LogP contribution in [0.1, 0.15) is 11.5 Å². The Hall–Kier alpha value is -3.30. The van der Waals surface area contributed by atoms with E-state index in [0.717, 1.165) is 44.7 Å². The van der Waals surface area contributed by atoms with Gasteiger partial charge in [-0.2, -0.15) is 0 Å². The molecule has 29 heavy (non-hydrogen) atoms. The standard InChI is InChI=1S/C25H19ClN2O/c1-15-7-9-18(10-8-15)24-25(29-16(2)27-24)22-20-5-3-4-6-21(20)28-23(22)17-11-13-19(26)14-12-17/h3-14,28H,1-2H3. The number of H-pyrrole nitrogens is 1. The lowest BCUT2D eigenvalue weighted by Gasteiger charge is -2.06. The third-order valence-electron chi connectivity index (χ3n) is 5.13. The van der Waals surface area contributed by atoms with Crippen molar-refractivity contribution >= 4 is 22.5 Å². The molecule has 0 aliphatic carbocycles. The lowest BCUT2D eigenvalue weighted by molar-refractivity contribution is 0.535. The number of oxazole rings is 1. The van der Waals surface area contributed by atoms with E-state index in [1.54, 1.807) is 0 Å². The van der Waals surface area contributed by atoms with Gasteiger partial charge >= 0.3 is 0 Å². The van der Waals surface area contributed by atoms with Gasteiger partial charge in [0.25, 0.3) is 0 Å². The van der Waals surface area contributed by atoms with Gasteiger partial charge in [-0.05, 0) is 30.7 Å². The van der Waals surface area contributed by atoms with Crippen LogP contribution < -0.4 is 0 Å². The van der Waals surface area contributed by atoms with E-state index in [1.807, 2.05) is 43.3 Å². The number of aryl methyl sites for hydroxylation is 2. The minimum Gasteiger partial charge on any atom is -0.440 e. The summed E-state index contributed by atoms with van der Waals surface area (Å²) in [4.78, 5) is 8.29. The molecule has 5 rings (SSSR count). The quantitative estimate of drug-likeness (QED) is 0.343. The van der Waals surface area contributed by atoms with Crippen LogP contribution in [0, 0.1) is 13.8 Å². The smallest absolute Gasteiger partial charge is 0.192 e. The van der Waals surface area contributed by atoms with E-state index in [-0.39, 0.29) is 0 Å². The Labute approximate surface area is 174 Å². The minimum absolute atomic E-state index is 0.642. The number of halogens is 1. The zero-order chi connectivity index (χ0) is 20.0. The molecule has 0 aliphatic heterocycles. The summed E-state index contributed by atoms with van der Waals surface area (Å²) in [5.41, 5.74) is 7.20. The Morgan fingerprint density at radius 1 is 0.828 bits per heavy atom. The minimum atomic E-state index is 0.642. The maximum atomic E-state index is 6.18. The van der Waals surface area contributed by atoms with Crippen molar-refractivity contribution in [2.24, 2.45) is 0 Å². The van der Waals surface area contributed by atoms with Gasteiger partial charge in [-0.15, -0.1) is 0 Å². The molecule has 0 amide bonds. The lowest BCUT2D eigenvalue weighted by Crippen LogP contribution is -1.86. The van der Waals surface area contributed by atoms with E-state index >= 15 is 0 Å². The van der Waals surface area contributed by atoms with Crippen LogP contribution in [0.5, 0.6) is 0 Å². The van der Waals surface area contributed by atoms with Crippen LogP contribution in [0.3, 0.4) is 0 Å². The molecule has 0 saturated carbocycles. The third kappa shape index (κ3) is 3.14. The number of fused-ring (bicyclic) bond motifs is 1. The van der Waals surface area contributed by atoms with E-state index in [2.05, 4.69) is 48.3 Å². The molecule has 142 valence electrons. The van der Waals surface area contributed by atoms with Crippen LogP contribution in [-0.2, 0) is 0 Å². The molecule has 0 atom stereocenters. The summed E-state index contributed by atoms with van der Waals surface area (Å²) in [5, 5.41) is 1.81.